The topological polar surface area (TPSA) is 93.2 Å². The molecule has 3 saturated carbocycles. The maximum atomic E-state index is 14.0. The Morgan fingerprint density at radius 2 is 1.83 bits per heavy atom. The molecule has 4 aliphatic carbocycles. The van der Waals surface area contributed by atoms with Crippen LogP contribution in [0.2, 0.25) is 0 Å². The number of aliphatic hydroxyl groups is 2. The maximum Gasteiger partial charge on any atom is 0.175 e. The van der Waals surface area contributed by atoms with Crippen molar-refractivity contribution in [2.75, 3.05) is 5.75 Å². The van der Waals surface area contributed by atoms with E-state index in [1.807, 2.05) is 42.1 Å². The molecule has 0 aliphatic heterocycles. The van der Waals surface area contributed by atoms with Gasteiger partial charge in [-0.2, -0.15) is 5.10 Å². The summed E-state index contributed by atoms with van der Waals surface area (Å²) in [5.41, 5.74) is 5.84. The van der Waals surface area contributed by atoms with Crippen LogP contribution in [0.25, 0.3) is 22.8 Å². The number of hydrogen-bond acceptors (Lipinski definition) is 6. The first-order valence-corrected chi connectivity index (χ1v) is 18.6. The summed E-state index contributed by atoms with van der Waals surface area (Å²) < 4.78 is 4.09. The molecule has 7 atom stereocenters. The molecule has 0 amide bonds. The highest BCUT2D eigenvalue weighted by Gasteiger charge is 2.68. The average Bonchev–Trinajstić information content (AvgIpc) is 3.69. The fraction of sp³-hybridized carbons (Fsp3) is 0.525. The minimum Gasteiger partial charge on any atom is -0.393 e. The number of benzene rings is 2. The maximum absolute atomic E-state index is 14.0. The van der Waals surface area contributed by atoms with E-state index in [4.69, 9.17) is 10.1 Å². The van der Waals surface area contributed by atoms with Gasteiger partial charge in [0.25, 0.3) is 0 Å². The number of nitrogens with zero attached hydrogens (tertiary/aromatic N) is 4. The lowest BCUT2D eigenvalue weighted by molar-refractivity contribution is -0.177. The lowest BCUT2D eigenvalue weighted by Gasteiger charge is -2.60. The van der Waals surface area contributed by atoms with E-state index in [0.29, 0.717) is 12.8 Å². The molecule has 2 heterocycles. The van der Waals surface area contributed by atoms with Crippen molar-refractivity contribution in [2.24, 2.45) is 35.6 Å². The van der Waals surface area contributed by atoms with Crippen molar-refractivity contribution in [3.8, 4) is 5.69 Å². The van der Waals surface area contributed by atoms with Gasteiger partial charge in [-0.3, -0.25) is 4.79 Å². The Balaban J connectivity index is 1.04. The van der Waals surface area contributed by atoms with Crippen LogP contribution in [-0.4, -0.2) is 52.8 Å². The van der Waals surface area contributed by atoms with Gasteiger partial charge in [0, 0.05) is 12.5 Å². The molecule has 2 N–H and O–H groups in total. The Morgan fingerprint density at radius 3 is 2.56 bits per heavy atom. The van der Waals surface area contributed by atoms with Gasteiger partial charge >= 0.3 is 0 Å². The first kappa shape index (κ1) is 32.0. The van der Waals surface area contributed by atoms with Gasteiger partial charge in [-0.25, -0.2) is 9.67 Å². The number of imidazole rings is 1. The lowest BCUT2D eigenvalue weighted by Crippen LogP contribution is -2.62. The molecule has 2 aromatic carbocycles. The van der Waals surface area contributed by atoms with Crippen molar-refractivity contribution in [1.82, 2.24) is 19.3 Å². The monoisotopic (exact) mass is 664 g/mol. The third-order valence-corrected chi connectivity index (χ3v) is 14.1. The van der Waals surface area contributed by atoms with Crippen molar-refractivity contribution < 1.29 is 15.0 Å². The van der Waals surface area contributed by atoms with E-state index in [1.165, 1.54) is 28.5 Å². The van der Waals surface area contributed by atoms with Gasteiger partial charge in [-0.05, 0) is 109 Å². The van der Waals surface area contributed by atoms with Crippen LogP contribution in [0, 0.1) is 28.6 Å². The SMILES string of the molecule is Cn1c(SCC(=O)[C@@]2(O)CCC3C4CCC5=Cc6c(cnn6-c6ccc(C(C)(C)C)cc6)CC5(C)C4C(O)CC32C)nc2ccccc21. The number of ketones is 1. The molecule has 0 saturated heterocycles. The number of hydrogen-bond donors (Lipinski definition) is 2. The summed E-state index contributed by atoms with van der Waals surface area (Å²) in [6, 6.07) is 16.7. The Kier molecular flexibility index (Phi) is 7.27. The number of fused-ring (bicyclic) bond motifs is 7. The largest absolute Gasteiger partial charge is 0.393 e. The second kappa shape index (κ2) is 10.9. The van der Waals surface area contributed by atoms with E-state index in [-0.39, 0.29) is 40.1 Å². The Labute approximate surface area is 287 Å². The molecule has 0 radical (unpaired) electrons. The summed E-state index contributed by atoms with van der Waals surface area (Å²) in [5, 5.41) is 30.0. The Bertz CT molecular complexity index is 1950. The molecule has 8 heteroatoms. The number of carbonyl (C=O) groups excluding carboxylic acids is 1. The summed E-state index contributed by atoms with van der Waals surface area (Å²) in [5.74, 6) is 0.533. The van der Waals surface area contributed by atoms with E-state index in [9.17, 15) is 15.0 Å². The highest BCUT2D eigenvalue weighted by molar-refractivity contribution is 7.99. The standard InChI is InChI=1S/C40H48N4O3S/c1-37(2,3)25-11-14-27(15-12-25)44-32-19-26-13-16-28-29-17-18-40(47,34(46)23-48-36-42-30-9-7-8-10-31(30)43(36)6)39(29,5)21-33(45)35(28)38(26,4)20-24(32)22-41-44/h7-12,14-15,19,22,28-29,33,35,45,47H,13,16-18,20-21,23H2,1-6H3/t28?,29?,33?,35?,38?,39?,40-/m0/s1. The highest BCUT2D eigenvalue weighted by atomic mass is 32.2. The number of carbonyl (C=O) groups is 1. The molecule has 48 heavy (non-hydrogen) atoms. The van der Waals surface area contributed by atoms with Gasteiger partial charge in [0.1, 0.15) is 5.60 Å². The molecule has 0 bridgehead atoms. The van der Waals surface area contributed by atoms with Gasteiger partial charge in [-0.1, -0.05) is 76.2 Å². The fourth-order valence-corrected chi connectivity index (χ4v) is 11.4. The number of allylic oxidation sites excluding steroid dienone is 1. The third kappa shape index (κ3) is 4.58. The minimum atomic E-state index is -1.46. The molecule has 252 valence electrons. The van der Waals surface area contributed by atoms with Crippen molar-refractivity contribution >= 4 is 34.7 Å². The third-order valence-electron chi connectivity index (χ3n) is 13.1. The van der Waals surface area contributed by atoms with Crippen molar-refractivity contribution in [1.29, 1.82) is 0 Å². The predicted octanol–water partition coefficient (Wildman–Crippen LogP) is 7.30. The number of aryl methyl sites for hydroxylation is 1. The predicted molar refractivity (Wildman–Crippen MR) is 191 cm³/mol. The van der Waals surface area contributed by atoms with E-state index < -0.39 is 17.1 Å². The van der Waals surface area contributed by atoms with Crippen LogP contribution in [0.4, 0.5) is 0 Å². The molecular weight excluding hydrogens is 617 g/mol. The molecule has 6 unspecified atom stereocenters. The molecule has 7 nitrogen and oxygen atoms in total. The Morgan fingerprint density at radius 1 is 1.08 bits per heavy atom. The van der Waals surface area contributed by atoms with E-state index >= 15 is 0 Å². The molecule has 0 spiro atoms. The van der Waals surface area contributed by atoms with Crippen LogP contribution in [-0.2, 0) is 23.7 Å². The first-order chi connectivity index (χ1) is 22.7. The molecule has 4 aromatic rings. The van der Waals surface area contributed by atoms with E-state index in [1.54, 1.807) is 0 Å². The smallest absolute Gasteiger partial charge is 0.175 e. The summed E-state index contributed by atoms with van der Waals surface area (Å²) >= 11 is 1.40. The molecular formula is C40H48N4O3S. The summed E-state index contributed by atoms with van der Waals surface area (Å²) in [6.45, 7) is 11.1. The minimum absolute atomic E-state index is 0.0740. The second-order valence-corrected chi connectivity index (χ2v) is 17.5. The van der Waals surface area contributed by atoms with E-state index in [0.717, 1.165) is 53.3 Å². The normalized spacial score (nSPS) is 32.7. The zero-order valence-corrected chi connectivity index (χ0v) is 29.8. The summed E-state index contributed by atoms with van der Waals surface area (Å²) in [6.07, 6.45) is 8.24. The fourth-order valence-electron chi connectivity index (χ4n) is 10.5. The van der Waals surface area contributed by atoms with Gasteiger partial charge in [0.2, 0.25) is 0 Å². The number of aromatic nitrogens is 4. The van der Waals surface area contributed by atoms with Crippen LogP contribution in [0.3, 0.4) is 0 Å². The van der Waals surface area contributed by atoms with Crippen LogP contribution < -0.4 is 0 Å². The van der Waals surface area contributed by atoms with Crippen LogP contribution in [0.1, 0.15) is 83.5 Å². The number of Topliss-reactive ketones (excluding diaryl/α,β-unsaturated/α-hetero) is 1. The van der Waals surface area contributed by atoms with Crippen LogP contribution in [0.15, 0.2) is 65.5 Å². The summed E-state index contributed by atoms with van der Waals surface area (Å²) in [4.78, 5) is 18.7. The summed E-state index contributed by atoms with van der Waals surface area (Å²) in [7, 11) is 1.97. The number of thioether (sulfide) groups is 1. The van der Waals surface area contributed by atoms with Gasteiger partial charge in [0.05, 0.1) is 40.5 Å². The van der Waals surface area contributed by atoms with Gasteiger partial charge < -0.3 is 14.8 Å². The average molecular weight is 665 g/mol. The number of aliphatic hydroxyl groups excluding tert-OH is 1. The Hall–Kier alpha value is -3.20. The van der Waals surface area contributed by atoms with Crippen molar-refractivity contribution in [3.63, 3.8) is 0 Å². The van der Waals surface area contributed by atoms with Crippen molar-refractivity contribution in [3.05, 3.63) is 77.1 Å². The van der Waals surface area contributed by atoms with Crippen LogP contribution >= 0.6 is 11.8 Å². The second-order valence-electron chi connectivity index (χ2n) is 16.6. The van der Waals surface area contributed by atoms with Gasteiger partial charge in [0.15, 0.2) is 10.9 Å². The zero-order chi connectivity index (χ0) is 33.8. The number of para-hydroxylation sites is 2. The molecule has 8 rings (SSSR count). The molecule has 2 aromatic heterocycles. The number of rotatable bonds is 5. The van der Waals surface area contributed by atoms with Crippen molar-refractivity contribution in [2.45, 2.75) is 95.4 Å². The first-order valence-electron chi connectivity index (χ1n) is 17.6. The molecule has 4 aliphatic rings. The highest BCUT2D eigenvalue weighted by Crippen LogP contribution is 2.67. The molecule has 3 fully saturated rings. The lowest BCUT2D eigenvalue weighted by atomic mass is 9.45. The van der Waals surface area contributed by atoms with Gasteiger partial charge in [-0.15, -0.1) is 0 Å². The zero-order valence-electron chi connectivity index (χ0n) is 29.0. The quantitative estimate of drug-likeness (QED) is 0.218. The van der Waals surface area contributed by atoms with Crippen LogP contribution in [0.5, 0.6) is 0 Å². The van der Waals surface area contributed by atoms with E-state index in [2.05, 4.69) is 69.6 Å².